The van der Waals surface area contributed by atoms with Gasteiger partial charge in [-0.2, -0.15) is 0 Å². The van der Waals surface area contributed by atoms with E-state index >= 15 is 0 Å². The van der Waals surface area contributed by atoms with Crippen molar-refractivity contribution in [3.63, 3.8) is 0 Å². The van der Waals surface area contributed by atoms with Crippen LogP contribution < -0.4 is 0 Å². The van der Waals surface area contributed by atoms with Crippen LogP contribution in [0, 0.1) is 12.7 Å². The Bertz CT molecular complexity index is 462. The minimum absolute atomic E-state index is 0.139. The van der Waals surface area contributed by atoms with Crippen molar-refractivity contribution in [1.82, 2.24) is 4.98 Å². The topological polar surface area (TPSA) is 12.9 Å². The van der Waals surface area contributed by atoms with Gasteiger partial charge in [-0.1, -0.05) is 11.6 Å². The van der Waals surface area contributed by atoms with Crippen LogP contribution in [0.1, 0.15) is 5.56 Å². The zero-order valence-electron chi connectivity index (χ0n) is 7.01. The molecule has 0 aliphatic rings. The maximum atomic E-state index is 13.4. The molecule has 1 aromatic carbocycles. The van der Waals surface area contributed by atoms with Gasteiger partial charge in [-0.05, 0) is 30.7 Å². The third-order valence-electron chi connectivity index (χ3n) is 1.89. The highest BCUT2D eigenvalue weighted by Crippen LogP contribution is 2.23. The minimum atomic E-state index is -0.393. The molecule has 0 N–H and O–H groups in total. The summed E-state index contributed by atoms with van der Waals surface area (Å²) in [6.07, 6.45) is 1.70. The van der Waals surface area contributed by atoms with E-state index in [1.54, 1.807) is 18.3 Å². The molecule has 1 nitrogen and oxygen atoms in total. The fourth-order valence-corrected chi connectivity index (χ4v) is 1.41. The first-order valence-corrected chi connectivity index (χ1v) is 4.26. The van der Waals surface area contributed by atoms with Gasteiger partial charge in [-0.15, -0.1) is 0 Å². The number of pyridine rings is 1. The van der Waals surface area contributed by atoms with E-state index in [2.05, 4.69) is 4.98 Å². The van der Waals surface area contributed by atoms with E-state index < -0.39 is 5.82 Å². The van der Waals surface area contributed by atoms with Crippen molar-refractivity contribution in [2.45, 2.75) is 6.92 Å². The van der Waals surface area contributed by atoms with E-state index in [0.29, 0.717) is 10.9 Å². The quantitative estimate of drug-likeness (QED) is 0.628. The summed E-state index contributed by atoms with van der Waals surface area (Å²) >= 11 is 5.64. The summed E-state index contributed by atoms with van der Waals surface area (Å²) < 4.78 is 13.4. The Morgan fingerprint density at radius 2 is 2.15 bits per heavy atom. The lowest BCUT2D eigenvalue weighted by atomic mass is 10.1. The van der Waals surface area contributed by atoms with Crippen LogP contribution in [0.3, 0.4) is 0 Å². The number of halogens is 2. The first-order chi connectivity index (χ1) is 6.18. The molecule has 0 fully saturated rings. The minimum Gasteiger partial charge on any atom is -0.256 e. The SMILES string of the molecule is Cc1cnc2ccc(Cl)c(F)c2c1. The Balaban J connectivity index is 2.89. The third-order valence-corrected chi connectivity index (χ3v) is 2.18. The first-order valence-electron chi connectivity index (χ1n) is 3.89. The molecule has 2 rings (SSSR count). The second-order valence-corrected chi connectivity index (χ2v) is 3.35. The monoisotopic (exact) mass is 195 g/mol. The third kappa shape index (κ3) is 1.38. The number of aromatic nitrogens is 1. The van der Waals surface area contributed by atoms with E-state index in [-0.39, 0.29) is 5.02 Å². The zero-order chi connectivity index (χ0) is 9.42. The Hall–Kier alpha value is -1.15. The Morgan fingerprint density at radius 1 is 1.38 bits per heavy atom. The van der Waals surface area contributed by atoms with E-state index in [1.165, 1.54) is 6.07 Å². The van der Waals surface area contributed by atoms with E-state index in [0.717, 1.165) is 5.56 Å². The molecule has 0 amide bonds. The van der Waals surface area contributed by atoms with Crippen molar-refractivity contribution in [3.05, 3.63) is 40.8 Å². The van der Waals surface area contributed by atoms with Crippen LogP contribution in [0.5, 0.6) is 0 Å². The standard InChI is InChI=1S/C10H7ClFN/c1-6-4-7-9(13-5-6)3-2-8(11)10(7)12/h2-5H,1H3. The smallest absolute Gasteiger partial charge is 0.151 e. The number of hydrogen-bond acceptors (Lipinski definition) is 1. The van der Waals surface area contributed by atoms with Crippen molar-refractivity contribution < 1.29 is 4.39 Å². The van der Waals surface area contributed by atoms with Crippen LogP contribution in [0.15, 0.2) is 24.4 Å². The molecule has 66 valence electrons. The van der Waals surface area contributed by atoms with Crippen LogP contribution in [0.25, 0.3) is 10.9 Å². The van der Waals surface area contributed by atoms with Gasteiger partial charge in [0, 0.05) is 11.6 Å². The molecule has 0 aliphatic carbocycles. The zero-order valence-corrected chi connectivity index (χ0v) is 7.77. The van der Waals surface area contributed by atoms with Crippen molar-refractivity contribution in [2.24, 2.45) is 0 Å². The van der Waals surface area contributed by atoms with E-state index in [4.69, 9.17) is 11.6 Å². The van der Waals surface area contributed by atoms with Gasteiger partial charge in [0.2, 0.25) is 0 Å². The lowest BCUT2D eigenvalue weighted by molar-refractivity contribution is 0.640. The summed E-state index contributed by atoms with van der Waals surface area (Å²) in [7, 11) is 0. The Morgan fingerprint density at radius 3 is 2.92 bits per heavy atom. The van der Waals surface area contributed by atoms with Crippen LogP contribution in [0.2, 0.25) is 5.02 Å². The second-order valence-electron chi connectivity index (χ2n) is 2.94. The average Bonchev–Trinajstić information content (AvgIpc) is 2.12. The van der Waals surface area contributed by atoms with Crippen LogP contribution in [-0.2, 0) is 0 Å². The summed E-state index contributed by atoms with van der Waals surface area (Å²) in [4.78, 5) is 4.08. The molecule has 0 atom stereocenters. The molecular formula is C10H7ClFN. The van der Waals surface area contributed by atoms with Gasteiger partial charge in [0.25, 0.3) is 0 Å². The van der Waals surface area contributed by atoms with Gasteiger partial charge in [0.1, 0.15) is 0 Å². The summed E-state index contributed by atoms with van der Waals surface area (Å²) in [5.41, 5.74) is 1.56. The number of fused-ring (bicyclic) bond motifs is 1. The average molecular weight is 196 g/mol. The van der Waals surface area contributed by atoms with Gasteiger partial charge in [0.05, 0.1) is 10.5 Å². The highest BCUT2D eigenvalue weighted by atomic mass is 35.5. The van der Waals surface area contributed by atoms with Crippen molar-refractivity contribution >= 4 is 22.5 Å². The number of benzene rings is 1. The molecule has 0 spiro atoms. The fraction of sp³-hybridized carbons (Fsp3) is 0.100. The molecule has 2 aromatic rings. The molecule has 0 saturated heterocycles. The lowest BCUT2D eigenvalue weighted by Crippen LogP contribution is -1.85. The predicted molar refractivity (Wildman–Crippen MR) is 51.4 cm³/mol. The van der Waals surface area contributed by atoms with Crippen LogP contribution >= 0.6 is 11.6 Å². The fourth-order valence-electron chi connectivity index (χ4n) is 1.24. The molecule has 0 saturated carbocycles. The summed E-state index contributed by atoms with van der Waals surface area (Å²) in [6, 6.07) is 4.96. The summed E-state index contributed by atoms with van der Waals surface area (Å²) in [6.45, 7) is 1.87. The summed E-state index contributed by atoms with van der Waals surface area (Å²) in [5, 5.41) is 0.618. The highest BCUT2D eigenvalue weighted by molar-refractivity contribution is 6.31. The van der Waals surface area contributed by atoms with Gasteiger partial charge in [-0.25, -0.2) is 4.39 Å². The van der Waals surface area contributed by atoms with Crippen LogP contribution in [0.4, 0.5) is 4.39 Å². The first kappa shape index (κ1) is 8.45. The number of rotatable bonds is 0. The van der Waals surface area contributed by atoms with Gasteiger partial charge in [-0.3, -0.25) is 4.98 Å². The highest BCUT2D eigenvalue weighted by Gasteiger charge is 2.05. The Kier molecular flexibility index (Phi) is 1.93. The second kappa shape index (κ2) is 2.96. The van der Waals surface area contributed by atoms with Gasteiger partial charge in [0.15, 0.2) is 5.82 Å². The van der Waals surface area contributed by atoms with Gasteiger partial charge < -0.3 is 0 Å². The molecule has 0 radical (unpaired) electrons. The number of hydrogen-bond donors (Lipinski definition) is 0. The molecule has 1 aromatic heterocycles. The predicted octanol–water partition coefficient (Wildman–Crippen LogP) is 3.34. The molecule has 0 bridgehead atoms. The Labute approximate surface area is 80.2 Å². The van der Waals surface area contributed by atoms with E-state index in [9.17, 15) is 4.39 Å². The van der Waals surface area contributed by atoms with Crippen molar-refractivity contribution in [3.8, 4) is 0 Å². The largest absolute Gasteiger partial charge is 0.256 e. The maximum absolute atomic E-state index is 13.4. The number of aryl methyl sites for hydroxylation is 1. The lowest BCUT2D eigenvalue weighted by Gasteiger charge is -2.01. The molecule has 13 heavy (non-hydrogen) atoms. The molecule has 3 heteroatoms. The summed E-state index contributed by atoms with van der Waals surface area (Å²) in [5.74, 6) is -0.393. The molecule has 1 heterocycles. The normalized spacial score (nSPS) is 10.7. The molecular weight excluding hydrogens is 189 g/mol. The molecule has 0 aliphatic heterocycles. The number of nitrogens with zero attached hydrogens (tertiary/aromatic N) is 1. The van der Waals surface area contributed by atoms with Crippen molar-refractivity contribution in [1.29, 1.82) is 0 Å². The van der Waals surface area contributed by atoms with Crippen LogP contribution in [-0.4, -0.2) is 4.98 Å². The van der Waals surface area contributed by atoms with Crippen molar-refractivity contribution in [2.75, 3.05) is 0 Å². The van der Waals surface area contributed by atoms with Gasteiger partial charge >= 0.3 is 0 Å². The van der Waals surface area contributed by atoms with E-state index in [1.807, 2.05) is 6.92 Å². The molecule has 0 unspecified atom stereocenters. The maximum Gasteiger partial charge on any atom is 0.151 e.